The number of anilines is 1. The maximum Gasteiger partial charge on any atom is 0.261 e. The highest BCUT2D eigenvalue weighted by atomic mass is 32.1. The Bertz CT molecular complexity index is 1250. The zero-order valence-electron chi connectivity index (χ0n) is 15.7. The van der Waals surface area contributed by atoms with Crippen molar-refractivity contribution in [1.29, 1.82) is 5.26 Å². The Morgan fingerprint density at radius 3 is 2.97 bits per heavy atom. The molecule has 0 amide bonds. The number of benzene rings is 1. The third-order valence-corrected chi connectivity index (χ3v) is 5.61. The second-order valence-corrected chi connectivity index (χ2v) is 7.82. The minimum atomic E-state index is -0.292. The van der Waals surface area contributed by atoms with Crippen molar-refractivity contribution in [3.05, 3.63) is 68.3 Å². The van der Waals surface area contributed by atoms with Crippen LogP contribution in [0.3, 0.4) is 0 Å². The fourth-order valence-electron chi connectivity index (χ4n) is 3.36. The summed E-state index contributed by atoms with van der Waals surface area (Å²) in [4.78, 5) is 24.2. The van der Waals surface area contributed by atoms with Crippen LogP contribution in [-0.2, 0) is 6.42 Å². The average molecular weight is 405 g/mol. The van der Waals surface area contributed by atoms with Gasteiger partial charge < -0.3 is 20.4 Å². The Kier molecular flexibility index (Phi) is 5.16. The molecule has 4 rings (SSSR count). The van der Waals surface area contributed by atoms with Crippen LogP contribution in [0.15, 0.2) is 46.7 Å². The largest absolute Gasteiger partial charge is 0.394 e. The van der Waals surface area contributed by atoms with Crippen LogP contribution in [0.1, 0.15) is 16.0 Å². The van der Waals surface area contributed by atoms with Gasteiger partial charge in [-0.1, -0.05) is 6.07 Å². The van der Waals surface area contributed by atoms with Crippen LogP contribution < -0.4 is 10.9 Å². The second-order valence-electron chi connectivity index (χ2n) is 6.79. The summed E-state index contributed by atoms with van der Waals surface area (Å²) in [6, 6.07) is 11.1. The lowest BCUT2D eigenvalue weighted by Crippen LogP contribution is -2.27. The third kappa shape index (κ3) is 3.78. The lowest BCUT2D eigenvalue weighted by Gasteiger charge is -2.18. The maximum atomic E-state index is 12.6. The highest BCUT2D eigenvalue weighted by Gasteiger charge is 2.18. The first kappa shape index (κ1) is 18.9. The van der Waals surface area contributed by atoms with Crippen molar-refractivity contribution in [2.75, 3.05) is 11.9 Å². The number of rotatable bonds is 6. The first-order chi connectivity index (χ1) is 14.1. The second kappa shape index (κ2) is 7.91. The fraction of sp³-hybridized carbons (Fsp3) is 0.190. The summed E-state index contributed by atoms with van der Waals surface area (Å²) in [6.07, 6.45) is 2.21. The maximum absolute atomic E-state index is 12.6. The Morgan fingerprint density at radius 2 is 2.24 bits per heavy atom. The number of aliphatic hydroxyl groups is 1. The van der Waals surface area contributed by atoms with Crippen molar-refractivity contribution >= 4 is 28.1 Å². The molecule has 146 valence electrons. The van der Waals surface area contributed by atoms with Crippen LogP contribution in [0.4, 0.5) is 5.69 Å². The highest BCUT2D eigenvalue weighted by molar-refractivity contribution is 7.09. The van der Waals surface area contributed by atoms with E-state index in [9.17, 15) is 15.2 Å². The standard InChI is InChI=1S/C21H19N5O2S/c1-12-7-13(10-22)8-17-19(12)26-20(25-17)18-16(4-5-23-21(18)28)24-14(11-27)9-15-3-2-6-29-15/h2-8,14,27H,9,11H2,1H3,(H,25,26)(H2,23,24,28). The van der Waals surface area contributed by atoms with E-state index in [0.29, 0.717) is 40.1 Å². The van der Waals surface area contributed by atoms with Gasteiger partial charge in [0.15, 0.2) is 0 Å². The van der Waals surface area contributed by atoms with Crippen molar-refractivity contribution in [3.63, 3.8) is 0 Å². The Morgan fingerprint density at radius 1 is 1.38 bits per heavy atom. The molecule has 7 nitrogen and oxygen atoms in total. The number of aliphatic hydroxyl groups excluding tert-OH is 1. The van der Waals surface area contributed by atoms with Gasteiger partial charge in [-0.15, -0.1) is 11.3 Å². The zero-order valence-corrected chi connectivity index (χ0v) is 16.5. The molecule has 0 saturated heterocycles. The molecule has 3 heterocycles. The van der Waals surface area contributed by atoms with Crippen molar-refractivity contribution in [2.24, 2.45) is 0 Å². The number of hydrogen-bond acceptors (Lipinski definition) is 6. The normalized spacial score (nSPS) is 12.0. The number of thiophene rings is 1. The molecule has 0 spiro atoms. The molecule has 8 heteroatoms. The molecule has 0 aliphatic rings. The summed E-state index contributed by atoms with van der Waals surface area (Å²) in [5, 5.41) is 24.3. The van der Waals surface area contributed by atoms with Gasteiger partial charge in [0.1, 0.15) is 11.4 Å². The molecule has 0 aliphatic carbocycles. The summed E-state index contributed by atoms with van der Waals surface area (Å²) >= 11 is 1.63. The summed E-state index contributed by atoms with van der Waals surface area (Å²) in [5.41, 5.74) is 3.46. The topological polar surface area (TPSA) is 118 Å². The van der Waals surface area contributed by atoms with Gasteiger partial charge in [0.05, 0.1) is 41.0 Å². The number of nitriles is 1. The van der Waals surface area contributed by atoms with E-state index in [2.05, 4.69) is 26.3 Å². The number of aromatic amines is 2. The van der Waals surface area contributed by atoms with E-state index in [1.165, 1.54) is 0 Å². The van der Waals surface area contributed by atoms with Crippen LogP contribution in [-0.4, -0.2) is 32.7 Å². The Balaban J connectivity index is 1.75. The van der Waals surface area contributed by atoms with E-state index < -0.39 is 0 Å². The lowest BCUT2D eigenvalue weighted by atomic mass is 10.1. The zero-order chi connectivity index (χ0) is 20.4. The van der Waals surface area contributed by atoms with Crippen molar-refractivity contribution in [2.45, 2.75) is 19.4 Å². The van der Waals surface area contributed by atoms with E-state index >= 15 is 0 Å². The number of aromatic nitrogens is 3. The molecular weight excluding hydrogens is 386 g/mol. The first-order valence-electron chi connectivity index (χ1n) is 9.11. The van der Waals surface area contributed by atoms with Gasteiger partial charge in [-0.05, 0) is 42.1 Å². The smallest absolute Gasteiger partial charge is 0.261 e. The molecule has 1 unspecified atom stereocenters. The van der Waals surface area contributed by atoms with Crippen molar-refractivity contribution in [1.82, 2.24) is 15.0 Å². The molecule has 0 fully saturated rings. The molecular formula is C21H19N5O2S. The Labute approximate surface area is 170 Å². The van der Waals surface area contributed by atoms with Crippen LogP contribution in [0.5, 0.6) is 0 Å². The highest BCUT2D eigenvalue weighted by Crippen LogP contribution is 2.27. The molecule has 0 bridgehead atoms. The number of H-pyrrole nitrogens is 2. The average Bonchev–Trinajstić information content (AvgIpc) is 3.37. The minimum Gasteiger partial charge on any atom is -0.394 e. The predicted octanol–water partition coefficient (Wildman–Crippen LogP) is 3.18. The summed E-state index contributed by atoms with van der Waals surface area (Å²) < 4.78 is 0. The molecule has 1 aromatic carbocycles. The van der Waals surface area contributed by atoms with Gasteiger partial charge in [-0.25, -0.2) is 4.98 Å². The van der Waals surface area contributed by atoms with Gasteiger partial charge in [0, 0.05) is 17.5 Å². The minimum absolute atomic E-state index is 0.0745. The Hall–Kier alpha value is -3.41. The quantitative estimate of drug-likeness (QED) is 0.393. The molecule has 0 saturated carbocycles. The summed E-state index contributed by atoms with van der Waals surface area (Å²) in [5.74, 6) is 0.412. The molecule has 3 aromatic heterocycles. The van der Waals surface area contributed by atoms with Gasteiger partial charge in [0.25, 0.3) is 5.56 Å². The number of fused-ring (bicyclic) bond motifs is 1. The van der Waals surface area contributed by atoms with Crippen molar-refractivity contribution < 1.29 is 5.11 Å². The molecule has 0 radical (unpaired) electrons. The first-order valence-corrected chi connectivity index (χ1v) is 9.99. The predicted molar refractivity (Wildman–Crippen MR) is 114 cm³/mol. The van der Waals surface area contributed by atoms with E-state index in [-0.39, 0.29) is 18.2 Å². The monoisotopic (exact) mass is 405 g/mol. The molecule has 1 atom stereocenters. The van der Waals surface area contributed by atoms with Gasteiger partial charge in [-0.2, -0.15) is 5.26 Å². The number of aryl methyl sites for hydroxylation is 1. The van der Waals surface area contributed by atoms with Gasteiger partial charge in [-0.3, -0.25) is 4.79 Å². The fourth-order valence-corrected chi connectivity index (χ4v) is 4.15. The number of nitrogens with one attached hydrogen (secondary N) is 3. The summed E-state index contributed by atoms with van der Waals surface area (Å²) in [6.45, 7) is 1.81. The summed E-state index contributed by atoms with van der Waals surface area (Å²) in [7, 11) is 0. The molecule has 4 N–H and O–H groups in total. The van der Waals surface area contributed by atoms with E-state index in [4.69, 9.17) is 0 Å². The van der Waals surface area contributed by atoms with Crippen LogP contribution in [0.2, 0.25) is 0 Å². The third-order valence-electron chi connectivity index (χ3n) is 4.71. The SMILES string of the molecule is Cc1cc(C#N)cc2[nH]c(-c3c(NC(CO)Cc4cccs4)cc[nH]c3=O)nc12. The number of nitrogens with zero attached hydrogens (tertiary/aromatic N) is 2. The van der Waals surface area contributed by atoms with Crippen LogP contribution >= 0.6 is 11.3 Å². The number of pyridine rings is 1. The van der Waals surface area contributed by atoms with E-state index in [1.807, 2.05) is 24.4 Å². The van der Waals surface area contributed by atoms with Gasteiger partial charge in [0.2, 0.25) is 0 Å². The van der Waals surface area contributed by atoms with Crippen LogP contribution in [0, 0.1) is 18.3 Å². The van der Waals surface area contributed by atoms with Crippen molar-refractivity contribution in [3.8, 4) is 17.5 Å². The molecule has 4 aromatic rings. The van der Waals surface area contributed by atoms with Crippen LogP contribution in [0.25, 0.3) is 22.4 Å². The number of imidazole rings is 1. The molecule has 0 aliphatic heterocycles. The van der Waals surface area contributed by atoms with E-state index in [1.54, 1.807) is 35.7 Å². The number of hydrogen-bond donors (Lipinski definition) is 4. The lowest BCUT2D eigenvalue weighted by molar-refractivity contribution is 0.274. The van der Waals surface area contributed by atoms with Gasteiger partial charge >= 0.3 is 0 Å². The molecule has 29 heavy (non-hydrogen) atoms. The van der Waals surface area contributed by atoms with E-state index in [0.717, 1.165) is 10.4 Å².